The monoisotopic (exact) mass is 406 g/mol. The fourth-order valence-electron chi connectivity index (χ4n) is 3.56. The lowest BCUT2D eigenvalue weighted by Gasteiger charge is -2.20. The zero-order valence-electron chi connectivity index (χ0n) is 17.9. The summed E-state index contributed by atoms with van der Waals surface area (Å²) in [5.74, 6) is 1.43. The summed E-state index contributed by atoms with van der Waals surface area (Å²) in [6.07, 6.45) is 1.54. The Labute approximate surface area is 179 Å². The molecule has 2 aromatic carbocycles. The summed E-state index contributed by atoms with van der Waals surface area (Å²) in [6, 6.07) is 15.1. The molecule has 0 bridgehead atoms. The van der Waals surface area contributed by atoms with Crippen molar-refractivity contribution in [3.63, 3.8) is 0 Å². The quantitative estimate of drug-likeness (QED) is 0.766. The van der Waals surface area contributed by atoms with Crippen LogP contribution in [0.3, 0.4) is 0 Å². The molecular weight excluding hydrogens is 376 g/mol. The first-order chi connectivity index (χ1) is 14.5. The van der Waals surface area contributed by atoms with Crippen LogP contribution in [0.5, 0.6) is 11.5 Å². The number of nitrogens with zero attached hydrogens (tertiary/aromatic N) is 3. The van der Waals surface area contributed by atoms with Crippen LogP contribution in [0.1, 0.15) is 23.1 Å². The molecule has 0 atom stereocenters. The first kappa shape index (κ1) is 21.8. The summed E-state index contributed by atoms with van der Waals surface area (Å²) < 4.78 is 5.85. The highest BCUT2D eigenvalue weighted by Gasteiger charge is 2.12. The minimum absolute atomic E-state index is 0.0401. The Morgan fingerprint density at radius 1 is 1.10 bits per heavy atom. The highest BCUT2D eigenvalue weighted by molar-refractivity contribution is 5.78. The largest absolute Gasteiger partial charge is 0.457 e. The van der Waals surface area contributed by atoms with Crippen molar-refractivity contribution in [1.82, 2.24) is 15.1 Å². The molecule has 3 rings (SSSR count). The van der Waals surface area contributed by atoms with Crippen molar-refractivity contribution in [1.29, 1.82) is 5.26 Å². The number of nitrogens with one attached hydrogen (secondary N) is 1. The zero-order valence-corrected chi connectivity index (χ0v) is 17.9. The number of aryl methyl sites for hydroxylation is 1. The van der Waals surface area contributed by atoms with E-state index in [9.17, 15) is 4.79 Å². The SMILES string of the molecule is Cc1cc(Oc2ccc(CC(=O)NCCN3CCCN(C)CC3)cc2)ccc1C#N. The van der Waals surface area contributed by atoms with E-state index in [1.54, 1.807) is 12.1 Å². The third kappa shape index (κ3) is 6.58. The molecule has 0 saturated carbocycles. The molecule has 1 saturated heterocycles. The number of amides is 1. The molecule has 1 heterocycles. The highest BCUT2D eigenvalue weighted by Crippen LogP contribution is 2.24. The highest BCUT2D eigenvalue weighted by atomic mass is 16.5. The van der Waals surface area contributed by atoms with E-state index in [-0.39, 0.29) is 5.91 Å². The lowest BCUT2D eigenvalue weighted by Crippen LogP contribution is -2.37. The predicted octanol–water partition coefficient (Wildman–Crippen LogP) is 2.96. The van der Waals surface area contributed by atoms with Crippen LogP contribution in [0.2, 0.25) is 0 Å². The van der Waals surface area contributed by atoms with Crippen LogP contribution in [-0.4, -0.2) is 62.0 Å². The van der Waals surface area contributed by atoms with Crippen LogP contribution < -0.4 is 10.1 Å². The first-order valence-electron chi connectivity index (χ1n) is 10.5. The van der Waals surface area contributed by atoms with Crippen molar-refractivity contribution in [3.05, 3.63) is 59.2 Å². The minimum Gasteiger partial charge on any atom is -0.457 e. The lowest BCUT2D eigenvalue weighted by atomic mass is 10.1. The molecule has 6 heteroatoms. The van der Waals surface area contributed by atoms with Gasteiger partial charge in [-0.25, -0.2) is 0 Å². The van der Waals surface area contributed by atoms with E-state index in [4.69, 9.17) is 10.00 Å². The van der Waals surface area contributed by atoms with Crippen molar-refractivity contribution in [3.8, 4) is 17.6 Å². The second kappa shape index (κ2) is 10.8. The summed E-state index contributed by atoms with van der Waals surface area (Å²) in [6.45, 7) is 7.86. The maximum absolute atomic E-state index is 12.3. The van der Waals surface area contributed by atoms with Gasteiger partial charge in [-0.15, -0.1) is 0 Å². The van der Waals surface area contributed by atoms with Crippen LogP contribution >= 0.6 is 0 Å². The Morgan fingerprint density at radius 2 is 1.87 bits per heavy atom. The molecule has 158 valence electrons. The second-order valence-electron chi connectivity index (χ2n) is 7.86. The van der Waals surface area contributed by atoms with Crippen molar-refractivity contribution in [2.75, 3.05) is 46.3 Å². The van der Waals surface area contributed by atoms with Crippen molar-refractivity contribution < 1.29 is 9.53 Å². The fraction of sp³-hybridized carbons (Fsp3) is 0.417. The van der Waals surface area contributed by atoms with Crippen LogP contribution in [0.25, 0.3) is 0 Å². The van der Waals surface area contributed by atoms with Gasteiger partial charge in [0.15, 0.2) is 0 Å². The Kier molecular flexibility index (Phi) is 7.83. The molecule has 0 spiro atoms. The van der Waals surface area contributed by atoms with E-state index in [2.05, 4.69) is 28.2 Å². The van der Waals surface area contributed by atoms with Crippen LogP contribution in [-0.2, 0) is 11.2 Å². The topological polar surface area (TPSA) is 68.6 Å². The molecule has 0 radical (unpaired) electrons. The Hall–Kier alpha value is -2.88. The third-order valence-electron chi connectivity index (χ3n) is 5.40. The van der Waals surface area contributed by atoms with Crippen molar-refractivity contribution in [2.24, 2.45) is 0 Å². The number of carbonyl (C=O) groups excluding carboxylic acids is 1. The molecular formula is C24H30N4O2. The summed E-state index contributed by atoms with van der Waals surface area (Å²) in [5.41, 5.74) is 2.48. The Morgan fingerprint density at radius 3 is 2.60 bits per heavy atom. The van der Waals surface area contributed by atoms with Crippen LogP contribution in [0.15, 0.2) is 42.5 Å². The van der Waals surface area contributed by atoms with Gasteiger partial charge in [-0.05, 0) is 74.9 Å². The van der Waals surface area contributed by atoms with Crippen molar-refractivity contribution in [2.45, 2.75) is 19.8 Å². The van der Waals surface area contributed by atoms with E-state index < -0.39 is 0 Å². The van der Waals surface area contributed by atoms with E-state index in [0.29, 0.717) is 30.0 Å². The molecule has 0 aromatic heterocycles. The number of likely N-dealkylation sites (N-methyl/N-ethyl adjacent to an activating group) is 1. The van der Waals surface area contributed by atoms with Gasteiger partial charge < -0.3 is 19.9 Å². The summed E-state index contributed by atoms with van der Waals surface area (Å²) >= 11 is 0. The molecule has 2 aromatic rings. The van der Waals surface area contributed by atoms with Crippen LogP contribution in [0.4, 0.5) is 0 Å². The summed E-state index contributed by atoms with van der Waals surface area (Å²) in [5, 5.41) is 12.0. The van der Waals surface area contributed by atoms with E-state index in [1.807, 2.05) is 37.3 Å². The minimum atomic E-state index is 0.0401. The fourth-order valence-corrected chi connectivity index (χ4v) is 3.56. The van der Waals surface area contributed by atoms with Gasteiger partial charge in [-0.3, -0.25) is 4.79 Å². The standard InChI is InChI=1S/C24H30N4O2/c1-19-16-23(9-6-21(19)18-25)30-22-7-4-20(5-8-22)17-24(29)26-10-13-28-12-3-11-27(2)14-15-28/h4-9,16H,3,10-15,17H2,1-2H3,(H,26,29). The van der Waals surface area contributed by atoms with Crippen molar-refractivity contribution >= 4 is 5.91 Å². The summed E-state index contributed by atoms with van der Waals surface area (Å²) in [7, 11) is 2.16. The maximum Gasteiger partial charge on any atom is 0.224 e. The Balaban J connectivity index is 1.43. The first-order valence-corrected chi connectivity index (χ1v) is 10.5. The molecule has 1 N–H and O–H groups in total. The van der Waals surface area contributed by atoms with Gasteiger partial charge in [0.05, 0.1) is 18.1 Å². The average molecular weight is 407 g/mol. The predicted molar refractivity (Wildman–Crippen MR) is 118 cm³/mol. The van der Waals surface area contributed by atoms with Crippen LogP contribution in [0, 0.1) is 18.3 Å². The second-order valence-corrected chi connectivity index (χ2v) is 7.86. The maximum atomic E-state index is 12.3. The molecule has 1 fully saturated rings. The smallest absolute Gasteiger partial charge is 0.224 e. The molecule has 0 aliphatic carbocycles. The Bertz CT molecular complexity index is 889. The molecule has 1 aliphatic rings. The number of hydrogen-bond acceptors (Lipinski definition) is 5. The van der Waals surface area contributed by atoms with Gasteiger partial charge >= 0.3 is 0 Å². The zero-order chi connectivity index (χ0) is 21.3. The van der Waals surface area contributed by atoms with Gasteiger partial charge in [0.2, 0.25) is 5.91 Å². The lowest BCUT2D eigenvalue weighted by molar-refractivity contribution is -0.120. The van der Waals surface area contributed by atoms with E-state index >= 15 is 0 Å². The van der Waals surface area contributed by atoms with Gasteiger partial charge in [0.1, 0.15) is 11.5 Å². The van der Waals surface area contributed by atoms with E-state index in [1.165, 1.54) is 6.42 Å². The molecule has 30 heavy (non-hydrogen) atoms. The molecule has 0 unspecified atom stereocenters. The van der Waals surface area contributed by atoms with Gasteiger partial charge in [-0.1, -0.05) is 12.1 Å². The van der Waals surface area contributed by atoms with Gasteiger partial charge in [-0.2, -0.15) is 5.26 Å². The number of hydrogen-bond donors (Lipinski definition) is 1. The molecule has 1 amide bonds. The van der Waals surface area contributed by atoms with E-state index in [0.717, 1.165) is 43.9 Å². The number of ether oxygens (including phenoxy) is 1. The van der Waals surface area contributed by atoms with Gasteiger partial charge in [0.25, 0.3) is 0 Å². The summed E-state index contributed by atoms with van der Waals surface area (Å²) in [4.78, 5) is 17.0. The number of rotatable bonds is 7. The normalized spacial score (nSPS) is 15.2. The average Bonchev–Trinajstić information content (AvgIpc) is 2.94. The number of benzene rings is 2. The third-order valence-corrected chi connectivity index (χ3v) is 5.40. The molecule has 1 aliphatic heterocycles. The van der Waals surface area contributed by atoms with Gasteiger partial charge in [0, 0.05) is 26.2 Å². The number of carbonyl (C=O) groups is 1. The number of nitriles is 1. The molecule has 6 nitrogen and oxygen atoms in total.